The van der Waals surface area contributed by atoms with E-state index in [-0.39, 0.29) is 0 Å². The lowest BCUT2D eigenvalue weighted by molar-refractivity contribution is 0.736. The number of anilines is 1. The summed E-state index contributed by atoms with van der Waals surface area (Å²) in [5.41, 5.74) is 1.87. The first kappa shape index (κ1) is 14.5. The molecule has 5 nitrogen and oxygen atoms in total. The summed E-state index contributed by atoms with van der Waals surface area (Å²) in [4.78, 5) is 11.3. The number of aromatic nitrogens is 4. The summed E-state index contributed by atoms with van der Waals surface area (Å²) in [6.45, 7) is 6.37. The summed E-state index contributed by atoms with van der Waals surface area (Å²) in [5.74, 6) is 0.982. The molecule has 0 aliphatic rings. The van der Waals surface area contributed by atoms with Crippen molar-refractivity contribution in [3.05, 3.63) is 42.9 Å². The third-order valence-corrected chi connectivity index (χ3v) is 3.63. The average Bonchev–Trinajstić information content (AvgIpc) is 2.99. The van der Waals surface area contributed by atoms with Crippen LogP contribution in [0.4, 0.5) is 5.82 Å². The van der Waals surface area contributed by atoms with Crippen molar-refractivity contribution >= 4 is 16.9 Å². The number of nitrogens with zero attached hydrogens (tertiary/aromatic N) is 5. The fourth-order valence-corrected chi connectivity index (χ4v) is 2.71. The highest BCUT2D eigenvalue weighted by Gasteiger charge is 2.15. The van der Waals surface area contributed by atoms with E-state index in [2.05, 4.69) is 33.8 Å². The van der Waals surface area contributed by atoms with Gasteiger partial charge in [-0.05, 0) is 25.0 Å². The Balaban J connectivity index is 2.09. The van der Waals surface area contributed by atoms with Gasteiger partial charge in [0.15, 0.2) is 5.65 Å². The first-order chi connectivity index (χ1) is 10.8. The summed E-state index contributed by atoms with van der Waals surface area (Å²) >= 11 is 0. The normalized spacial score (nSPS) is 11.0. The van der Waals surface area contributed by atoms with E-state index >= 15 is 0 Å². The fraction of sp³-hybridized carbons (Fsp3) is 0.353. The number of fused-ring (bicyclic) bond motifs is 1. The minimum atomic E-state index is 0.855. The molecule has 0 aliphatic carbocycles. The molecule has 0 fully saturated rings. The van der Waals surface area contributed by atoms with E-state index in [0.29, 0.717) is 0 Å². The summed E-state index contributed by atoms with van der Waals surface area (Å²) in [6, 6.07) is 10.1. The lowest BCUT2D eigenvalue weighted by Gasteiger charge is -2.22. The second-order valence-electron chi connectivity index (χ2n) is 5.31. The molecule has 3 aromatic rings. The molecule has 22 heavy (non-hydrogen) atoms. The quantitative estimate of drug-likeness (QED) is 0.699. The van der Waals surface area contributed by atoms with Gasteiger partial charge in [-0.15, -0.1) is 0 Å². The molecule has 0 saturated heterocycles. The predicted octanol–water partition coefficient (Wildman–Crippen LogP) is 3.44. The maximum atomic E-state index is 4.52. The van der Waals surface area contributed by atoms with Crippen LogP contribution in [0, 0.1) is 0 Å². The van der Waals surface area contributed by atoms with Crippen molar-refractivity contribution in [1.29, 1.82) is 0 Å². The zero-order chi connectivity index (χ0) is 15.4. The maximum Gasteiger partial charge on any atom is 0.168 e. The molecule has 0 amide bonds. The van der Waals surface area contributed by atoms with Crippen LogP contribution in [0.5, 0.6) is 0 Å². The molecule has 114 valence electrons. The van der Waals surface area contributed by atoms with Gasteiger partial charge in [0.1, 0.15) is 12.1 Å². The Morgan fingerprint density at radius 1 is 1.00 bits per heavy atom. The first-order valence-electron chi connectivity index (χ1n) is 7.84. The van der Waals surface area contributed by atoms with Gasteiger partial charge >= 0.3 is 0 Å². The van der Waals surface area contributed by atoms with Crippen LogP contribution in [0.1, 0.15) is 26.7 Å². The highest BCUT2D eigenvalue weighted by molar-refractivity contribution is 5.87. The Morgan fingerprint density at radius 2 is 1.73 bits per heavy atom. The predicted molar refractivity (Wildman–Crippen MR) is 89.5 cm³/mol. The van der Waals surface area contributed by atoms with Gasteiger partial charge < -0.3 is 4.90 Å². The van der Waals surface area contributed by atoms with Crippen LogP contribution in [0.15, 0.2) is 42.9 Å². The first-order valence-corrected chi connectivity index (χ1v) is 7.84. The van der Waals surface area contributed by atoms with Crippen LogP contribution >= 0.6 is 0 Å². The van der Waals surface area contributed by atoms with Crippen molar-refractivity contribution in [2.75, 3.05) is 18.0 Å². The van der Waals surface area contributed by atoms with Crippen molar-refractivity contribution in [2.45, 2.75) is 26.7 Å². The molecule has 0 spiro atoms. The van der Waals surface area contributed by atoms with Crippen molar-refractivity contribution in [1.82, 2.24) is 19.7 Å². The molecular formula is C17H21N5. The van der Waals surface area contributed by atoms with E-state index in [1.54, 1.807) is 6.33 Å². The Labute approximate surface area is 130 Å². The molecule has 5 heteroatoms. The topological polar surface area (TPSA) is 46.8 Å². The van der Waals surface area contributed by atoms with E-state index in [9.17, 15) is 0 Å². The van der Waals surface area contributed by atoms with Crippen LogP contribution in [-0.2, 0) is 0 Å². The lowest BCUT2D eigenvalue weighted by atomic mass is 10.3. The average molecular weight is 295 g/mol. The number of benzene rings is 1. The lowest BCUT2D eigenvalue weighted by Crippen LogP contribution is -2.26. The highest BCUT2D eigenvalue weighted by atomic mass is 15.3. The Morgan fingerprint density at radius 3 is 2.41 bits per heavy atom. The van der Waals surface area contributed by atoms with Crippen LogP contribution in [0.2, 0.25) is 0 Å². The van der Waals surface area contributed by atoms with Crippen LogP contribution in [0.3, 0.4) is 0 Å². The van der Waals surface area contributed by atoms with Gasteiger partial charge in [-0.3, -0.25) is 0 Å². The van der Waals surface area contributed by atoms with E-state index < -0.39 is 0 Å². The SMILES string of the molecule is CCCN(CCC)c1ncnc2c1cnn2-c1ccccc1. The number of hydrogen-bond acceptors (Lipinski definition) is 4. The van der Waals surface area contributed by atoms with Gasteiger partial charge in [-0.2, -0.15) is 5.10 Å². The van der Waals surface area contributed by atoms with Gasteiger partial charge in [0.05, 0.1) is 17.3 Å². The second kappa shape index (κ2) is 6.56. The standard InChI is InChI=1S/C17H21N5/c1-3-10-21(11-4-2)16-15-12-20-22(17(15)19-13-18-16)14-8-6-5-7-9-14/h5-9,12-13H,3-4,10-11H2,1-2H3. The molecule has 0 aliphatic heterocycles. The minimum Gasteiger partial charge on any atom is -0.356 e. The van der Waals surface area contributed by atoms with E-state index in [1.165, 1.54) is 0 Å². The van der Waals surface area contributed by atoms with Crippen molar-refractivity contribution in [2.24, 2.45) is 0 Å². The Kier molecular flexibility index (Phi) is 4.32. The fourth-order valence-electron chi connectivity index (χ4n) is 2.71. The van der Waals surface area contributed by atoms with Gasteiger partial charge in [0.2, 0.25) is 0 Å². The Hall–Kier alpha value is -2.43. The molecule has 0 saturated carbocycles. The number of hydrogen-bond donors (Lipinski definition) is 0. The van der Waals surface area contributed by atoms with Crippen molar-refractivity contribution in [3.8, 4) is 5.69 Å². The zero-order valence-corrected chi connectivity index (χ0v) is 13.1. The molecule has 3 rings (SSSR count). The molecule has 0 N–H and O–H groups in total. The van der Waals surface area contributed by atoms with Crippen molar-refractivity contribution in [3.63, 3.8) is 0 Å². The number of para-hydroxylation sites is 1. The largest absolute Gasteiger partial charge is 0.356 e. The second-order valence-corrected chi connectivity index (χ2v) is 5.31. The smallest absolute Gasteiger partial charge is 0.168 e. The van der Waals surface area contributed by atoms with E-state index in [4.69, 9.17) is 0 Å². The van der Waals surface area contributed by atoms with Gasteiger partial charge in [-0.25, -0.2) is 14.6 Å². The minimum absolute atomic E-state index is 0.855. The van der Waals surface area contributed by atoms with E-state index in [1.807, 2.05) is 41.2 Å². The van der Waals surface area contributed by atoms with Gasteiger partial charge in [-0.1, -0.05) is 32.0 Å². The third kappa shape index (κ3) is 2.66. The molecule has 2 heterocycles. The number of rotatable bonds is 6. The van der Waals surface area contributed by atoms with Crippen LogP contribution in [-0.4, -0.2) is 32.8 Å². The Bertz CT molecular complexity index is 729. The monoisotopic (exact) mass is 295 g/mol. The van der Waals surface area contributed by atoms with Crippen LogP contribution < -0.4 is 4.90 Å². The molecule has 0 radical (unpaired) electrons. The molecule has 0 bridgehead atoms. The maximum absolute atomic E-state index is 4.52. The summed E-state index contributed by atoms with van der Waals surface area (Å²) in [5, 5.41) is 5.52. The molecule has 2 aromatic heterocycles. The third-order valence-electron chi connectivity index (χ3n) is 3.63. The molecular weight excluding hydrogens is 274 g/mol. The van der Waals surface area contributed by atoms with Gasteiger partial charge in [0, 0.05) is 13.1 Å². The van der Waals surface area contributed by atoms with Gasteiger partial charge in [0.25, 0.3) is 0 Å². The van der Waals surface area contributed by atoms with Crippen molar-refractivity contribution < 1.29 is 0 Å². The highest BCUT2D eigenvalue weighted by Crippen LogP contribution is 2.24. The van der Waals surface area contributed by atoms with E-state index in [0.717, 1.165) is 48.5 Å². The molecule has 1 aromatic carbocycles. The molecule has 0 atom stereocenters. The molecule has 0 unspecified atom stereocenters. The zero-order valence-electron chi connectivity index (χ0n) is 13.1. The summed E-state index contributed by atoms with van der Waals surface area (Å²) in [6.07, 6.45) is 5.70. The van der Waals surface area contributed by atoms with Crippen LogP contribution in [0.25, 0.3) is 16.7 Å². The summed E-state index contributed by atoms with van der Waals surface area (Å²) < 4.78 is 1.87. The summed E-state index contributed by atoms with van der Waals surface area (Å²) in [7, 11) is 0.